The van der Waals surface area contributed by atoms with Gasteiger partial charge >= 0.3 is 0 Å². The molecule has 1 saturated heterocycles. The van der Waals surface area contributed by atoms with Crippen molar-refractivity contribution in [2.24, 2.45) is 0 Å². The van der Waals surface area contributed by atoms with Crippen LogP contribution in [0.2, 0.25) is 0 Å². The molecule has 198 valence electrons. The monoisotopic (exact) mass is 524 g/mol. The van der Waals surface area contributed by atoms with E-state index in [1.54, 1.807) is 0 Å². The smallest absolute Gasteiger partial charge is 0.221 e. The summed E-state index contributed by atoms with van der Waals surface area (Å²) in [5, 5.41) is 14.1. The van der Waals surface area contributed by atoms with Gasteiger partial charge in [0, 0.05) is 54.5 Å². The van der Waals surface area contributed by atoms with Crippen LogP contribution in [0.25, 0.3) is 0 Å². The number of aromatic amines is 1. The number of carbonyl (C=O) groups excluding carboxylic acids is 1. The molecule has 4 rings (SSSR count). The zero-order chi connectivity index (χ0) is 26.4. The summed E-state index contributed by atoms with van der Waals surface area (Å²) in [7, 11) is 4.12. The third-order valence-corrected chi connectivity index (χ3v) is 6.94. The molecule has 3 aromatic rings. The van der Waals surface area contributed by atoms with Crippen LogP contribution in [0.4, 0.5) is 23.1 Å². The van der Waals surface area contributed by atoms with E-state index in [0.29, 0.717) is 11.0 Å². The second kappa shape index (κ2) is 12.4. The Balaban J connectivity index is 1.53. The third kappa shape index (κ3) is 7.67. The van der Waals surface area contributed by atoms with Crippen LogP contribution in [0.5, 0.6) is 0 Å². The molecule has 10 nitrogen and oxygen atoms in total. The highest BCUT2D eigenvalue weighted by Gasteiger charge is 2.24. The minimum atomic E-state index is -0.0943. The number of ether oxygens (including phenoxy) is 1. The van der Waals surface area contributed by atoms with E-state index in [-0.39, 0.29) is 12.0 Å². The number of anilines is 4. The van der Waals surface area contributed by atoms with E-state index in [9.17, 15) is 4.79 Å². The Morgan fingerprint density at radius 1 is 1.19 bits per heavy atom. The van der Waals surface area contributed by atoms with Crippen LogP contribution in [0.15, 0.2) is 40.4 Å². The van der Waals surface area contributed by atoms with Gasteiger partial charge in [-0.25, -0.2) is 9.97 Å². The van der Waals surface area contributed by atoms with Crippen molar-refractivity contribution in [2.75, 3.05) is 55.9 Å². The average molecular weight is 525 g/mol. The topological polar surface area (TPSA) is 111 Å². The Hall–Kier alpha value is -3.15. The molecule has 0 bridgehead atoms. The van der Waals surface area contributed by atoms with Gasteiger partial charge in [0.15, 0.2) is 11.0 Å². The molecule has 1 aromatic carbocycles. The fourth-order valence-corrected chi connectivity index (χ4v) is 4.87. The highest BCUT2D eigenvalue weighted by atomic mass is 32.2. The van der Waals surface area contributed by atoms with Crippen molar-refractivity contribution in [3.8, 4) is 0 Å². The lowest BCUT2D eigenvalue weighted by molar-refractivity contribution is -0.114. The van der Waals surface area contributed by atoms with Crippen LogP contribution < -0.4 is 15.5 Å². The Morgan fingerprint density at radius 3 is 2.54 bits per heavy atom. The zero-order valence-electron chi connectivity index (χ0n) is 22.2. The third-order valence-electron chi connectivity index (χ3n) is 6.07. The fraction of sp³-hybridized carbons (Fsp3) is 0.462. The number of piperidine rings is 1. The lowest BCUT2D eigenvalue weighted by Crippen LogP contribution is -2.38. The number of hydrogen-bond donors (Lipinski definition) is 3. The van der Waals surface area contributed by atoms with Crippen LogP contribution >= 0.6 is 11.8 Å². The molecule has 0 aliphatic carbocycles. The van der Waals surface area contributed by atoms with E-state index < -0.39 is 0 Å². The van der Waals surface area contributed by atoms with Crippen molar-refractivity contribution in [3.63, 3.8) is 0 Å². The Bertz CT molecular complexity index is 1190. The van der Waals surface area contributed by atoms with Gasteiger partial charge in [0.1, 0.15) is 11.6 Å². The summed E-state index contributed by atoms with van der Waals surface area (Å²) in [5.41, 5.74) is 2.71. The highest BCUT2D eigenvalue weighted by Crippen LogP contribution is 2.34. The van der Waals surface area contributed by atoms with Gasteiger partial charge in [-0.1, -0.05) is 0 Å². The first-order valence-corrected chi connectivity index (χ1v) is 13.3. The minimum Gasteiger partial charge on any atom is -0.377 e. The SMILES string of the molecule is CC(=O)Nc1ccc(Sc2nc(Nc3cc(C)[nH]n3)c(C)c(N3CCC(OCCN(C)C)CC3)n2)cc1. The summed E-state index contributed by atoms with van der Waals surface area (Å²) in [5.74, 6) is 2.28. The van der Waals surface area contributed by atoms with Crippen molar-refractivity contribution in [2.45, 2.75) is 49.8 Å². The molecule has 11 heteroatoms. The van der Waals surface area contributed by atoms with E-state index in [4.69, 9.17) is 14.7 Å². The molecular formula is C26H36N8O2S. The normalized spacial score (nSPS) is 14.3. The van der Waals surface area contributed by atoms with Crippen LogP contribution in [-0.4, -0.2) is 77.4 Å². The number of carbonyl (C=O) groups is 1. The molecule has 0 atom stereocenters. The number of rotatable bonds is 10. The molecule has 3 N–H and O–H groups in total. The van der Waals surface area contributed by atoms with E-state index in [2.05, 4.69) is 44.7 Å². The molecule has 1 aliphatic heterocycles. The number of nitrogens with zero attached hydrogens (tertiary/aromatic N) is 5. The predicted octanol–water partition coefficient (Wildman–Crippen LogP) is 4.22. The maximum Gasteiger partial charge on any atom is 0.221 e. The van der Waals surface area contributed by atoms with Crippen LogP contribution in [-0.2, 0) is 9.53 Å². The number of aryl methyl sites for hydroxylation is 1. The highest BCUT2D eigenvalue weighted by molar-refractivity contribution is 7.99. The van der Waals surface area contributed by atoms with Gasteiger partial charge in [0.25, 0.3) is 0 Å². The number of H-pyrrole nitrogens is 1. The number of benzene rings is 1. The molecule has 1 amide bonds. The first kappa shape index (κ1) is 26.9. The molecule has 2 aromatic heterocycles. The largest absolute Gasteiger partial charge is 0.377 e. The number of aromatic nitrogens is 4. The molecule has 0 spiro atoms. The molecule has 0 radical (unpaired) electrons. The van der Waals surface area contributed by atoms with Gasteiger partial charge in [-0.15, -0.1) is 0 Å². The quantitative estimate of drug-likeness (QED) is 0.336. The lowest BCUT2D eigenvalue weighted by Gasteiger charge is -2.34. The van der Waals surface area contributed by atoms with Crippen molar-refractivity contribution >= 4 is 40.8 Å². The van der Waals surface area contributed by atoms with Gasteiger partial charge in [-0.05, 0) is 76.8 Å². The van der Waals surface area contributed by atoms with Crippen molar-refractivity contribution in [1.82, 2.24) is 25.1 Å². The number of likely N-dealkylation sites (N-methyl/N-ethyl adjacent to an activating group) is 1. The van der Waals surface area contributed by atoms with Gasteiger partial charge in [-0.3, -0.25) is 9.89 Å². The molecular weight excluding hydrogens is 488 g/mol. The average Bonchev–Trinajstić information content (AvgIpc) is 3.26. The maximum atomic E-state index is 11.3. The summed E-state index contributed by atoms with van der Waals surface area (Å²) < 4.78 is 6.09. The first-order chi connectivity index (χ1) is 17.8. The number of amides is 1. The van der Waals surface area contributed by atoms with Gasteiger partial charge in [0.2, 0.25) is 5.91 Å². The zero-order valence-corrected chi connectivity index (χ0v) is 23.0. The molecule has 1 fully saturated rings. The molecule has 0 saturated carbocycles. The Labute approximate surface area is 222 Å². The van der Waals surface area contributed by atoms with E-state index in [1.807, 2.05) is 44.2 Å². The lowest BCUT2D eigenvalue weighted by atomic mass is 10.1. The molecule has 37 heavy (non-hydrogen) atoms. The van der Waals surface area contributed by atoms with E-state index in [0.717, 1.165) is 72.6 Å². The number of nitrogens with one attached hydrogen (secondary N) is 3. The second-order valence-corrected chi connectivity index (χ2v) is 10.6. The van der Waals surface area contributed by atoms with Gasteiger partial charge < -0.3 is 25.2 Å². The molecule has 3 heterocycles. The summed E-state index contributed by atoms with van der Waals surface area (Å²) >= 11 is 1.49. The van der Waals surface area contributed by atoms with E-state index >= 15 is 0 Å². The van der Waals surface area contributed by atoms with Crippen LogP contribution in [0.3, 0.4) is 0 Å². The van der Waals surface area contributed by atoms with Crippen molar-refractivity contribution < 1.29 is 9.53 Å². The predicted molar refractivity (Wildman–Crippen MR) is 148 cm³/mol. The van der Waals surface area contributed by atoms with Gasteiger partial charge in [0.05, 0.1) is 12.7 Å². The van der Waals surface area contributed by atoms with Crippen LogP contribution in [0, 0.1) is 13.8 Å². The summed E-state index contributed by atoms with van der Waals surface area (Å²) in [6.45, 7) is 8.95. The van der Waals surface area contributed by atoms with E-state index in [1.165, 1.54) is 18.7 Å². The number of hydrogen-bond acceptors (Lipinski definition) is 9. The van der Waals surface area contributed by atoms with Crippen molar-refractivity contribution in [3.05, 3.63) is 41.6 Å². The summed E-state index contributed by atoms with van der Waals surface area (Å²) in [6, 6.07) is 9.63. The molecule has 1 aliphatic rings. The fourth-order valence-electron chi connectivity index (χ4n) is 4.11. The second-order valence-electron chi connectivity index (χ2n) is 9.53. The standard InChI is InChI=1S/C26H36N8O2S/c1-17-16-23(32-31-17)28-24-18(2)25(34-12-10-21(11-13-34)36-15-14-33(4)5)30-26(29-24)37-22-8-6-20(7-9-22)27-19(3)35/h6-9,16,21H,10-15H2,1-5H3,(H,27,35)(H2,28,29,30,31,32). The Kier molecular flexibility index (Phi) is 9.01. The van der Waals surface area contributed by atoms with Gasteiger partial charge in [-0.2, -0.15) is 5.10 Å². The van der Waals surface area contributed by atoms with Crippen molar-refractivity contribution in [1.29, 1.82) is 0 Å². The molecule has 0 unspecified atom stereocenters. The summed E-state index contributed by atoms with van der Waals surface area (Å²) in [4.78, 5) is 26.6. The summed E-state index contributed by atoms with van der Waals surface area (Å²) in [6.07, 6.45) is 2.20. The Morgan fingerprint density at radius 2 is 1.92 bits per heavy atom. The first-order valence-electron chi connectivity index (χ1n) is 12.5. The maximum absolute atomic E-state index is 11.3. The minimum absolute atomic E-state index is 0.0943. The van der Waals surface area contributed by atoms with Crippen LogP contribution in [0.1, 0.15) is 31.0 Å².